The highest BCUT2D eigenvalue weighted by Gasteiger charge is 2.36. The van der Waals surface area contributed by atoms with Crippen molar-refractivity contribution in [1.82, 2.24) is 5.32 Å². The zero-order valence-corrected chi connectivity index (χ0v) is 12.3. The molecule has 1 fully saturated rings. The van der Waals surface area contributed by atoms with Crippen LogP contribution in [-0.4, -0.2) is 25.3 Å². The lowest BCUT2D eigenvalue weighted by Gasteiger charge is -2.42. The van der Waals surface area contributed by atoms with Crippen LogP contribution in [0, 0.1) is 5.41 Å². The van der Waals surface area contributed by atoms with Gasteiger partial charge in [-0.2, -0.15) is 0 Å². The summed E-state index contributed by atoms with van der Waals surface area (Å²) in [5.74, 6) is 0. The first-order valence-electron chi connectivity index (χ1n) is 7.54. The van der Waals surface area contributed by atoms with E-state index in [2.05, 4.69) is 32.2 Å². The molecule has 104 valence electrons. The van der Waals surface area contributed by atoms with Crippen LogP contribution in [-0.2, 0) is 4.74 Å². The predicted molar refractivity (Wildman–Crippen MR) is 76.8 cm³/mol. The molecule has 1 aliphatic carbocycles. The lowest BCUT2D eigenvalue weighted by atomic mass is 9.70. The molecule has 0 spiro atoms. The zero-order chi connectivity index (χ0) is 13.1. The summed E-state index contributed by atoms with van der Waals surface area (Å²) >= 11 is 0. The van der Waals surface area contributed by atoms with E-state index in [1.807, 2.05) is 0 Å². The van der Waals surface area contributed by atoms with E-state index in [1.54, 1.807) is 5.57 Å². The molecular formula is C16H29NO. The first kappa shape index (κ1) is 14.1. The van der Waals surface area contributed by atoms with E-state index in [4.69, 9.17) is 4.74 Å². The molecule has 0 unspecified atom stereocenters. The van der Waals surface area contributed by atoms with Crippen molar-refractivity contribution in [2.24, 2.45) is 5.41 Å². The number of hydrogen-bond donors (Lipinski definition) is 1. The molecule has 2 aliphatic rings. The van der Waals surface area contributed by atoms with Crippen LogP contribution in [0.4, 0.5) is 0 Å². The minimum atomic E-state index is 0.209. The van der Waals surface area contributed by atoms with Gasteiger partial charge >= 0.3 is 0 Å². The molecule has 0 radical (unpaired) electrons. The number of hydrogen-bond acceptors (Lipinski definition) is 2. The average molecular weight is 251 g/mol. The molecule has 2 nitrogen and oxygen atoms in total. The minimum Gasteiger partial charge on any atom is -0.381 e. The van der Waals surface area contributed by atoms with Crippen molar-refractivity contribution in [3.63, 3.8) is 0 Å². The molecule has 0 saturated carbocycles. The van der Waals surface area contributed by atoms with Crippen LogP contribution >= 0.6 is 0 Å². The summed E-state index contributed by atoms with van der Waals surface area (Å²) in [6.07, 6.45) is 10.3. The quantitative estimate of drug-likeness (QED) is 0.773. The highest BCUT2D eigenvalue weighted by atomic mass is 16.5. The second-order valence-corrected chi connectivity index (χ2v) is 6.97. The maximum Gasteiger partial charge on any atom is 0.0474 e. The Balaban J connectivity index is 2.09. The summed E-state index contributed by atoms with van der Waals surface area (Å²) in [6.45, 7) is 9.76. The Morgan fingerprint density at radius 1 is 1.22 bits per heavy atom. The van der Waals surface area contributed by atoms with E-state index in [0.29, 0.717) is 5.41 Å². The molecule has 0 bridgehead atoms. The van der Waals surface area contributed by atoms with Crippen LogP contribution in [0.1, 0.15) is 59.3 Å². The average Bonchev–Trinajstić information content (AvgIpc) is 2.38. The van der Waals surface area contributed by atoms with Gasteiger partial charge in [-0.3, -0.25) is 0 Å². The molecule has 1 aliphatic heterocycles. The van der Waals surface area contributed by atoms with Crippen LogP contribution in [0.5, 0.6) is 0 Å². The molecular weight excluding hydrogens is 222 g/mol. The molecule has 0 aromatic heterocycles. The normalized spacial score (nSPS) is 24.7. The van der Waals surface area contributed by atoms with Gasteiger partial charge in [-0.15, -0.1) is 0 Å². The van der Waals surface area contributed by atoms with Gasteiger partial charge in [-0.25, -0.2) is 0 Å². The Bertz CT molecular complexity index is 295. The largest absolute Gasteiger partial charge is 0.381 e. The fourth-order valence-electron chi connectivity index (χ4n) is 3.13. The van der Waals surface area contributed by atoms with E-state index >= 15 is 0 Å². The van der Waals surface area contributed by atoms with Gasteiger partial charge in [0.25, 0.3) is 0 Å². The van der Waals surface area contributed by atoms with E-state index in [0.717, 1.165) is 19.8 Å². The molecule has 2 heteroatoms. The summed E-state index contributed by atoms with van der Waals surface area (Å²) in [6, 6.07) is 0. The van der Waals surface area contributed by atoms with Gasteiger partial charge in [0.2, 0.25) is 0 Å². The molecule has 0 atom stereocenters. The van der Waals surface area contributed by atoms with Gasteiger partial charge in [0.05, 0.1) is 0 Å². The molecule has 1 saturated heterocycles. The topological polar surface area (TPSA) is 21.3 Å². The second kappa shape index (κ2) is 5.75. The van der Waals surface area contributed by atoms with Crippen molar-refractivity contribution < 1.29 is 4.74 Å². The van der Waals surface area contributed by atoms with Gasteiger partial charge in [0.1, 0.15) is 0 Å². The maximum atomic E-state index is 5.59. The highest BCUT2D eigenvalue weighted by molar-refractivity contribution is 5.18. The lowest BCUT2D eigenvalue weighted by molar-refractivity contribution is 0.0275. The lowest BCUT2D eigenvalue weighted by Crippen LogP contribution is -2.47. The minimum absolute atomic E-state index is 0.209. The Morgan fingerprint density at radius 3 is 2.50 bits per heavy atom. The molecule has 2 rings (SSSR count). The van der Waals surface area contributed by atoms with Crippen LogP contribution in [0.15, 0.2) is 11.6 Å². The van der Waals surface area contributed by atoms with Crippen LogP contribution in [0.25, 0.3) is 0 Å². The molecule has 0 amide bonds. The van der Waals surface area contributed by atoms with Crippen molar-refractivity contribution in [3.05, 3.63) is 11.6 Å². The molecule has 18 heavy (non-hydrogen) atoms. The fraction of sp³-hybridized carbons (Fsp3) is 0.875. The maximum absolute atomic E-state index is 5.59. The highest BCUT2D eigenvalue weighted by Crippen LogP contribution is 2.42. The Labute approximate surface area is 112 Å². The zero-order valence-electron chi connectivity index (χ0n) is 12.3. The van der Waals surface area contributed by atoms with E-state index in [9.17, 15) is 0 Å². The Kier molecular flexibility index (Phi) is 4.50. The third-order valence-electron chi connectivity index (χ3n) is 4.38. The van der Waals surface area contributed by atoms with Crippen LogP contribution in [0.2, 0.25) is 0 Å². The molecule has 1 N–H and O–H groups in total. The van der Waals surface area contributed by atoms with Gasteiger partial charge in [0.15, 0.2) is 0 Å². The Morgan fingerprint density at radius 2 is 1.94 bits per heavy atom. The second-order valence-electron chi connectivity index (χ2n) is 6.97. The predicted octanol–water partition coefficient (Wildman–Crippen LogP) is 3.67. The smallest absolute Gasteiger partial charge is 0.0474 e. The number of nitrogens with one attached hydrogen (secondary N) is 1. The van der Waals surface area contributed by atoms with Crippen LogP contribution in [0.3, 0.4) is 0 Å². The van der Waals surface area contributed by atoms with E-state index < -0.39 is 0 Å². The van der Waals surface area contributed by atoms with Crippen molar-refractivity contribution in [1.29, 1.82) is 0 Å². The summed E-state index contributed by atoms with van der Waals surface area (Å²) < 4.78 is 5.59. The number of rotatable bonds is 3. The van der Waals surface area contributed by atoms with Crippen molar-refractivity contribution >= 4 is 0 Å². The van der Waals surface area contributed by atoms with Gasteiger partial charge in [-0.05, 0) is 59.3 Å². The van der Waals surface area contributed by atoms with Crippen molar-refractivity contribution in [2.45, 2.75) is 64.8 Å². The first-order chi connectivity index (χ1) is 8.52. The van der Waals surface area contributed by atoms with Gasteiger partial charge in [-0.1, -0.05) is 11.6 Å². The fourth-order valence-corrected chi connectivity index (χ4v) is 3.13. The van der Waals surface area contributed by atoms with Crippen molar-refractivity contribution in [3.8, 4) is 0 Å². The third kappa shape index (κ3) is 3.58. The summed E-state index contributed by atoms with van der Waals surface area (Å²) in [7, 11) is 0. The molecule has 0 aromatic rings. The molecule has 0 aromatic carbocycles. The molecule has 1 heterocycles. The van der Waals surface area contributed by atoms with Crippen molar-refractivity contribution in [2.75, 3.05) is 19.8 Å². The first-order valence-corrected chi connectivity index (χ1v) is 7.54. The summed E-state index contributed by atoms with van der Waals surface area (Å²) in [5.41, 5.74) is 2.31. The van der Waals surface area contributed by atoms with Gasteiger partial charge in [0, 0.05) is 30.7 Å². The van der Waals surface area contributed by atoms with E-state index in [1.165, 1.54) is 38.5 Å². The summed E-state index contributed by atoms with van der Waals surface area (Å²) in [4.78, 5) is 0. The Hall–Kier alpha value is -0.340. The summed E-state index contributed by atoms with van der Waals surface area (Å²) in [5, 5.41) is 3.73. The van der Waals surface area contributed by atoms with Crippen LogP contribution < -0.4 is 5.32 Å². The third-order valence-corrected chi connectivity index (χ3v) is 4.38. The number of ether oxygens (including phenoxy) is 1. The number of allylic oxidation sites excluding steroid dienone is 1. The van der Waals surface area contributed by atoms with Gasteiger partial charge < -0.3 is 10.1 Å². The SMILES string of the molecule is CC(C)(C)NCC1(C2=CCCCC2)CCOCC1. The standard InChI is InChI=1S/C16H29NO/c1-15(2,3)17-13-16(9-11-18-12-10-16)14-7-5-4-6-8-14/h7,17H,4-6,8-13H2,1-3H3. The van der Waals surface area contributed by atoms with E-state index in [-0.39, 0.29) is 5.54 Å². The monoisotopic (exact) mass is 251 g/mol.